The summed E-state index contributed by atoms with van der Waals surface area (Å²) < 4.78 is 6.30. The van der Waals surface area contributed by atoms with E-state index >= 15 is 0 Å². The Hall–Kier alpha value is -6.19. The quantitative estimate of drug-likeness (QED) is 0.136. The van der Waals surface area contributed by atoms with Gasteiger partial charge in [-0.05, 0) is 61.5 Å². The van der Waals surface area contributed by atoms with Gasteiger partial charge < -0.3 is 14.5 Å². The molecule has 6 aromatic rings. The first-order valence-corrected chi connectivity index (χ1v) is 20.8. The van der Waals surface area contributed by atoms with Gasteiger partial charge in [0.25, 0.3) is 23.2 Å². The number of nitrogens with zero attached hydrogens (tertiary/aromatic N) is 4. The summed E-state index contributed by atoms with van der Waals surface area (Å²) in [7, 11) is 2.29. The number of hydrogen-bond donors (Lipinski definition) is 0. The Labute approximate surface area is 312 Å². The molecule has 0 saturated carbocycles. The largest absolute Gasteiger partial charge is 0.466 e. The van der Waals surface area contributed by atoms with Gasteiger partial charge in [-0.3, -0.25) is 24.4 Å². The number of rotatable bonds is 4. The number of pyridine rings is 2. The smallest absolute Gasteiger partial charge is 0.299 e. The van der Waals surface area contributed by atoms with Crippen molar-refractivity contribution in [1.82, 2.24) is 9.97 Å². The maximum absolute atomic E-state index is 13.2. The van der Waals surface area contributed by atoms with E-state index in [2.05, 4.69) is 60.8 Å². The lowest BCUT2D eigenvalue weighted by atomic mass is 9.90. The number of para-hydroxylation sites is 3. The Bertz CT molecular complexity index is 2130. The van der Waals surface area contributed by atoms with Crippen LogP contribution in [-0.2, 0) is 15.2 Å². The monoisotopic (exact) mass is 720 g/mol. The number of benzene rings is 4. The molecule has 1 atom stereocenters. The molecule has 0 spiro atoms. The molecule has 2 aliphatic heterocycles. The Morgan fingerprint density at radius 2 is 1.17 bits per heavy atom. The van der Waals surface area contributed by atoms with Gasteiger partial charge in [-0.2, -0.15) is 0 Å². The van der Waals surface area contributed by atoms with Crippen LogP contribution in [0.1, 0.15) is 27.2 Å². The van der Waals surface area contributed by atoms with Crippen LogP contribution in [0.4, 0.5) is 11.4 Å². The van der Waals surface area contributed by atoms with Crippen LogP contribution < -0.4 is 19.7 Å². The molecule has 4 heterocycles. The van der Waals surface area contributed by atoms with Gasteiger partial charge in [0.05, 0.1) is 30.7 Å². The van der Waals surface area contributed by atoms with Crippen LogP contribution in [0.15, 0.2) is 158 Å². The van der Waals surface area contributed by atoms with E-state index in [1.54, 1.807) is 67.0 Å². The predicted molar refractivity (Wildman–Crippen MR) is 215 cm³/mol. The molecule has 0 bridgehead atoms. The molecule has 9 heteroatoms. The SMILES string of the molecule is CN1C(=O)C(=O)c2ccccc21.CN1C(=O)C(Oc2ccccc2)(c2ccccn2)c2ccccc21.Cc1ccccc1[Si](C)(C)C.c1ccncc1. The maximum atomic E-state index is 13.2. The highest BCUT2D eigenvalue weighted by Crippen LogP contribution is 2.45. The number of likely N-dealkylation sites (N-methyl/N-ethyl adjacent to an activating group) is 2. The van der Waals surface area contributed by atoms with Crippen molar-refractivity contribution in [2.75, 3.05) is 23.9 Å². The second kappa shape index (κ2) is 16.9. The predicted octanol–water partition coefficient (Wildman–Crippen LogP) is 7.85. The van der Waals surface area contributed by atoms with Crippen molar-refractivity contribution in [1.29, 1.82) is 0 Å². The van der Waals surface area contributed by atoms with E-state index in [-0.39, 0.29) is 5.91 Å². The van der Waals surface area contributed by atoms with Crippen LogP contribution in [0.25, 0.3) is 0 Å². The van der Waals surface area contributed by atoms with E-state index in [1.807, 2.05) is 91.0 Å². The van der Waals surface area contributed by atoms with Crippen LogP contribution in [-0.4, -0.2) is 49.7 Å². The third kappa shape index (κ3) is 8.48. The maximum Gasteiger partial charge on any atom is 0.299 e. The lowest BCUT2D eigenvalue weighted by molar-refractivity contribution is -0.130. The van der Waals surface area contributed by atoms with E-state index in [1.165, 1.54) is 10.5 Å². The van der Waals surface area contributed by atoms with Gasteiger partial charge in [0.15, 0.2) is 0 Å². The molecular formula is C44H44N4O4Si. The summed E-state index contributed by atoms with van der Waals surface area (Å²) in [6.07, 6.45) is 5.18. The number of carbonyl (C=O) groups is 3. The molecule has 2 amide bonds. The van der Waals surface area contributed by atoms with Crippen molar-refractivity contribution in [3.05, 3.63) is 181 Å². The van der Waals surface area contributed by atoms with E-state index in [0.717, 1.165) is 11.3 Å². The minimum absolute atomic E-state index is 0.147. The van der Waals surface area contributed by atoms with E-state index in [0.29, 0.717) is 22.7 Å². The lowest BCUT2D eigenvalue weighted by Crippen LogP contribution is -2.45. The van der Waals surface area contributed by atoms with Crippen molar-refractivity contribution in [3.8, 4) is 5.75 Å². The highest BCUT2D eigenvalue weighted by molar-refractivity contribution is 6.89. The number of hydrogen-bond acceptors (Lipinski definition) is 6. The average Bonchev–Trinajstić information content (AvgIpc) is 3.54. The Kier molecular flexibility index (Phi) is 12.1. The highest BCUT2D eigenvalue weighted by Gasteiger charge is 2.54. The fourth-order valence-electron chi connectivity index (χ4n) is 6.22. The fourth-order valence-corrected chi connectivity index (χ4v) is 8.08. The number of anilines is 2. The molecular weight excluding hydrogens is 677 g/mol. The lowest BCUT2D eigenvalue weighted by Gasteiger charge is -2.28. The number of amides is 2. The average molecular weight is 721 g/mol. The molecule has 0 radical (unpaired) electrons. The number of fused-ring (bicyclic) bond motifs is 2. The number of aromatic nitrogens is 2. The van der Waals surface area contributed by atoms with Gasteiger partial charge in [0, 0.05) is 38.2 Å². The van der Waals surface area contributed by atoms with Crippen molar-refractivity contribution in [2.45, 2.75) is 32.2 Å². The standard InChI is InChI=1S/C20H16N2O2.C10H16Si.C9H7NO2.C5H5N/c1-22-17-12-6-5-11-16(17)20(19(22)23,18-13-7-8-14-21-18)24-15-9-3-2-4-10-15;1-9-7-5-6-8-10(9)11(2,3)4;1-10-7-5-3-2-4-6(7)8(11)9(10)12;1-2-4-6-5-3-1/h2-14H,1H3;5-8H,1-4H3;2-5H,1H3;1-5H. The third-order valence-electron chi connectivity index (χ3n) is 8.82. The Morgan fingerprint density at radius 3 is 1.74 bits per heavy atom. The van der Waals surface area contributed by atoms with Crippen molar-refractivity contribution < 1.29 is 19.1 Å². The molecule has 268 valence electrons. The second-order valence-electron chi connectivity index (χ2n) is 13.5. The molecule has 0 N–H and O–H groups in total. The molecule has 8 nitrogen and oxygen atoms in total. The van der Waals surface area contributed by atoms with Crippen molar-refractivity contribution >= 4 is 42.2 Å². The Balaban J connectivity index is 0.000000156. The van der Waals surface area contributed by atoms with Gasteiger partial charge in [0.2, 0.25) is 0 Å². The third-order valence-corrected chi connectivity index (χ3v) is 11.0. The molecule has 0 aliphatic carbocycles. The van der Waals surface area contributed by atoms with Gasteiger partial charge in [-0.1, -0.05) is 115 Å². The number of aryl methyl sites for hydroxylation is 1. The van der Waals surface area contributed by atoms with E-state index in [9.17, 15) is 14.4 Å². The summed E-state index contributed by atoms with van der Waals surface area (Å²) in [5.41, 5.74) is 3.61. The van der Waals surface area contributed by atoms with Crippen molar-refractivity contribution in [3.63, 3.8) is 0 Å². The molecule has 4 aromatic carbocycles. The first-order chi connectivity index (χ1) is 25.5. The molecule has 53 heavy (non-hydrogen) atoms. The zero-order chi connectivity index (χ0) is 38.0. The number of Topliss-reactive ketones (excluding diaryl/α,β-unsaturated/α-hetero) is 1. The zero-order valence-electron chi connectivity index (χ0n) is 30.9. The van der Waals surface area contributed by atoms with Crippen LogP contribution in [0, 0.1) is 6.92 Å². The normalized spacial score (nSPS) is 15.5. The van der Waals surface area contributed by atoms with E-state index < -0.39 is 25.4 Å². The number of ketones is 1. The van der Waals surface area contributed by atoms with Gasteiger partial charge >= 0.3 is 0 Å². The summed E-state index contributed by atoms with van der Waals surface area (Å²) in [6, 6.07) is 44.0. The van der Waals surface area contributed by atoms with Crippen molar-refractivity contribution in [2.24, 2.45) is 0 Å². The minimum atomic E-state index is -1.27. The minimum Gasteiger partial charge on any atom is -0.466 e. The van der Waals surface area contributed by atoms with Gasteiger partial charge in [-0.25, -0.2) is 0 Å². The topological polar surface area (TPSA) is 92.7 Å². The van der Waals surface area contributed by atoms with Crippen LogP contribution >= 0.6 is 0 Å². The summed E-state index contributed by atoms with van der Waals surface area (Å²) in [6.45, 7) is 9.35. The zero-order valence-corrected chi connectivity index (χ0v) is 31.9. The summed E-state index contributed by atoms with van der Waals surface area (Å²) in [4.78, 5) is 46.8. The molecule has 2 aromatic heterocycles. The van der Waals surface area contributed by atoms with Gasteiger partial charge in [0.1, 0.15) is 5.75 Å². The first-order valence-electron chi connectivity index (χ1n) is 17.3. The van der Waals surface area contributed by atoms with E-state index in [4.69, 9.17) is 4.74 Å². The van der Waals surface area contributed by atoms with Crippen LogP contribution in [0.3, 0.4) is 0 Å². The number of ether oxygens (including phenoxy) is 1. The highest BCUT2D eigenvalue weighted by atomic mass is 28.3. The molecule has 0 fully saturated rings. The van der Waals surface area contributed by atoms with Crippen LogP contribution in [0.2, 0.25) is 19.6 Å². The second-order valence-corrected chi connectivity index (χ2v) is 18.5. The molecule has 8 rings (SSSR count). The first kappa shape index (κ1) is 38.0. The molecule has 1 unspecified atom stereocenters. The fraction of sp³-hybridized carbons (Fsp3) is 0.159. The van der Waals surface area contributed by atoms with Gasteiger partial charge in [-0.15, -0.1) is 0 Å². The summed E-state index contributed by atoms with van der Waals surface area (Å²) >= 11 is 0. The molecule has 2 aliphatic rings. The number of carbonyl (C=O) groups excluding carboxylic acids is 3. The summed E-state index contributed by atoms with van der Waals surface area (Å²) in [5.74, 6) is -0.378. The summed E-state index contributed by atoms with van der Waals surface area (Å²) in [5, 5.41) is 1.58. The Morgan fingerprint density at radius 1 is 0.604 bits per heavy atom. The molecule has 0 saturated heterocycles. The van der Waals surface area contributed by atoms with Crippen LogP contribution in [0.5, 0.6) is 5.75 Å².